The molecule has 2 heterocycles. The highest BCUT2D eigenvalue weighted by atomic mass is 32.2. The Morgan fingerprint density at radius 3 is 2.72 bits per heavy atom. The van der Waals surface area contributed by atoms with E-state index in [1.165, 1.54) is 31.4 Å². The fraction of sp³-hybridized carbons (Fsp3) is 0.321. The zero-order chi connectivity index (χ0) is 27.6. The number of ether oxygens (including phenoxy) is 3. The Balaban J connectivity index is 1.29. The third-order valence-electron chi connectivity index (χ3n) is 6.89. The van der Waals surface area contributed by atoms with Gasteiger partial charge in [-0.2, -0.15) is 0 Å². The molecule has 39 heavy (non-hydrogen) atoms. The van der Waals surface area contributed by atoms with E-state index < -0.39 is 28.3 Å². The Hall–Kier alpha value is -3.67. The average Bonchev–Trinajstić information content (AvgIpc) is 3.29. The number of benzene rings is 3. The topological polar surface area (TPSA) is 123 Å². The van der Waals surface area contributed by atoms with Gasteiger partial charge < -0.3 is 24.6 Å². The second-order valence-electron chi connectivity index (χ2n) is 9.55. The van der Waals surface area contributed by atoms with Crippen molar-refractivity contribution in [2.45, 2.75) is 48.5 Å². The van der Waals surface area contributed by atoms with E-state index in [0.29, 0.717) is 29.2 Å². The molecule has 3 aromatic rings. The zero-order valence-electron chi connectivity index (χ0n) is 21.2. The first kappa shape index (κ1) is 26.9. The Bertz CT molecular complexity index is 1470. The number of methoxy groups -OCH3 is 1. The summed E-state index contributed by atoms with van der Waals surface area (Å²) in [6, 6.07) is 17.2. The van der Waals surface area contributed by atoms with Crippen LogP contribution >= 0.6 is 0 Å². The number of rotatable bonds is 9. The predicted octanol–water partition coefficient (Wildman–Crippen LogP) is 3.34. The van der Waals surface area contributed by atoms with Crippen LogP contribution in [0.15, 0.2) is 71.6 Å². The molecule has 0 bridgehead atoms. The van der Waals surface area contributed by atoms with Crippen LogP contribution in [-0.4, -0.2) is 51.5 Å². The maximum atomic E-state index is 13.4. The fourth-order valence-corrected chi connectivity index (χ4v) is 6.15. The van der Waals surface area contributed by atoms with E-state index in [4.69, 9.17) is 14.2 Å². The molecule has 3 aromatic carbocycles. The van der Waals surface area contributed by atoms with Crippen molar-refractivity contribution in [2.24, 2.45) is 0 Å². The summed E-state index contributed by atoms with van der Waals surface area (Å²) >= 11 is 0. The number of carbonyl (C=O) groups is 1. The Morgan fingerprint density at radius 2 is 1.95 bits per heavy atom. The lowest BCUT2D eigenvalue weighted by Crippen LogP contribution is -2.47. The summed E-state index contributed by atoms with van der Waals surface area (Å²) in [6.07, 6.45) is -1.14. The normalized spacial score (nSPS) is 21.8. The predicted molar refractivity (Wildman–Crippen MR) is 141 cm³/mol. The van der Waals surface area contributed by atoms with Gasteiger partial charge in [0.2, 0.25) is 5.91 Å². The smallest absolute Gasteiger partial charge is 0.262 e. The van der Waals surface area contributed by atoms with Crippen LogP contribution in [0.2, 0.25) is 0 Å². The lowest BCUT2D eigenvalue weighted by molar-refractivity contribution is -0.142. The van der Waals surface area contributed by atoms with Gasteiger partial charge in [0.05, 0.1) is 31.1 Å². The van der Waals surface area contributed by atoms with Crippen LogP contribution in [0, 0.1) is 5.82 Å². The van der Waals surface area contributed by atoms with Crippen LogP contribution in [0.3, 0.4) is 0 Å². The molecule has 4 atom stereocenters. The molecule has 5 rings (SSSR count). The molecule has 2 aliphatic rings. The number of fused-ring (bicyclic) bond motifs is 3. The van der Waals surface area contributed by atoms with Gasteiger partial charge in [0.1, 0.15) is 29.5 Å². The van der Waals surface area contributed by atoms with Gasteiger partial charge in [-0.15, -0.1) is 0 Å². The fourth-order valence-electron chi connectivity index (χ4n) is 5.06. The molecule has 1 saturated heterocycles. The van der Waals surface area contributed by atoms with E-state index in [9.17, 15) is 22.7 Å². The Labute approximate surface area is 226 Å². The van der Waals surface area contributed by atoms with E-state index in [2.05, 4.69) is 10.0 Å². The largest absolute Gasteiger partial charge is 0.497 e. The van der Waals surface area contributed by atoms with Crippen molar-refractivity contribution in [3.8, 4) is 11.5 Å². The second kappa shape index (κ2) is 11.2. The Kier molecular flexibility index (Phi) is 7.74. The number of halogens is 1. The van der Waals surface area contributed by atoms with Crippen molar-refractivity contribution in [3.05, 3.63) is 83.7 Å². The van der Waals surface area contributed by atoms with E-state index in [0.717, 1.165) is 5.56 Å². The number of sulfonamides is 1. The molecule has 0 spiro atoms. The van der Waals surface area contributed by atoms with Gasteiger partial charge in [-0.05, 0) is 54.4 Å². The monoisotopic (exact) mass is 556 g/mol. The summed E-state index contributed by atoms with van der Waals surface area (Å²) in [6.45, 7) is -0.118. The summed E-state index contributed by atoms with van der Waals surface area (Å²) in [5, 5.41) is 12.8. The minimum atomic E-state index is -3.88. The zero-order valence-corrected chi connectivity index (χ0v) is 22.0. The number of aliphatic hydroxyl groups is 1. The van der Waals surface area contributed by atoms with E-state index in [-0.39, 0.29) is 42.1 Å². The number of amides is 1. The van der Waals surface area contributed by atoms with Gasteiger partial charge >= 0.3 is 0 Å². The van der Waals surface area contributed by atoms with Gasteiger partial charge in [-0.1, -0.05) is 18.2 Å². The number of anilines is 1. The first-order valence-corrected chi connectivity index (χ1v) is 14.0. The maximum Gasteiger partial charge on any atom is 0.262 e. The molecule has 0 aliphatic carbocycles. The molecule has 1 amide bonds. The molecule has 0 radical (unpaired) electrons. The highest BCUT2D eigenvalue weighted by Crippen LogP contribution is 2.47. The molecule has 11 heteroatoms. The minimum absolute atomic E-state index is 0.0481. The van der Waals surface area contributed by atoms with Gasteiger partial charge in [-0.3, -0.25) is 9.52 Å². The van der Waals surface area contributed by atoms with Crippen molar-refractivity contribution in [3.63, 3.8) is 0 Å². The standard InChI is InChI=1S/C28H29FN2O7S/c1-36-20-6-3-7-22(12-20)39(34,35)31-19-8-9-25-23(11-19)24-13-21(37-26(16-32)28(24)38-25)14-27(33)30-15-17-4-2-5-18(29)10-17/h2-12,21,24,26,28,31-32H,13-16H2,1H3,(H,30,33)/t21-,24+,26+,28-/m1/s1. The molecule has 9 nitrogen and oxygen atoms in total. The van der Waals surface area contributed by atoms with Crippen molar-refractivity contribution < 1.29 is 36.9 Å². The first-order chi connectivity index (χ1) is 18.8. The van der Waals surface area contributed by atoms with Gasteiger partial charge in [0.15, 0.2) is 0 Å². The van der Waals surface area contributed by atoms with Crippen LogP contribution < -0.4 is 19.5 Å². The molecule has 206 valence electrons. The summed E-state index contributed by atoms with van der Waals surface area (Å²) in [5.74, 6) is 0.143. The van der Waals surface area contributed by atoms with Gasteiger partial charge in [-0.25, -0.2) is 12.8 Å². The van der Waals surface area contributed by atoms with E-state index in [1.54, 1.807) is 42.5 Å². The van der Waals surface area contributed by atoms with Crippen molar-refractivity contribution in [1.29, 1.82) is 0 Å². The number of hydrogen-bond donors (Lipinski definition) is 3. The van der Waals surface area contributed by atoms with Crippen LogP contribution in [-0.2, 0) is 26.1 Å². The molecule has 0 saturated carbocycles. The number of hydrogen-bond acceptors (Lipinski definition) is 7. The number of nitrogens with one attached hydrogen (secondary N) is 2. The Morgan fingerprint density at radius 1 is 1.13 bits per heavy atom. The van der Waals surface area contributed by atoms with Crippen molar-refractivity contribution >= 4 is 21.6 Å². The van der Waals surface area contributed by atoms with Crippen LogP contribution in [0.4, 0.5) is 10.1 Å². The average molecular weight is 557 g/mol. The second-order valence-corrected chi connectivity index (χ2v) is 11.2. The van der Waals surface area contributed by atoms with Crippen molar-refractivity contribution in [1.82, 2.24) is 5.32 Å². The summed E-state index contributed by atoms with van der Waals surface area (Å²) in [5.41, 5.74) is 1.78. The molecular formula is C28H29FN2O7S. The molecular weight excluding hydrogens is 527 g/mol. The quantitative estimate of drug-likeness (QED) is 0.370. The van der Waals surface area contributed by atoms with Crippen LogP contribution in [0.25, 0.3) is 0 Å². The molecule has 3 N–H and O–H groups in total. The van der Waals surface area contributed by atoms with Crippen LogP contribution in [0.1, 0.15) is 29.9 Å². The summed E-state index contributed by atoms with van der Waals surface area (Å²) in [4.78, 5) is 12.7. The SMILES string of the molecule is COc1cccc(S(=O)(=O)Nc2ccc3c(c2)[C@@H]2C[C@H](CC(=O)NCc4cccc(F)c4)O[C@@H](CO)[C@@H]2O3)c1. The molecule has 1 fully saturated rings. The van der Waals surface area contributed by atoms with Crippen molar-refractivity contribution in [2.75, 3.05) is 18.4 Å². The third-order valence-corrected chi connectivity index (χ3v) is 8.27. The highest BCUT2D eigenvalue weighted by Gasteiger charge is 2.46. The summed E-state index contributed by atoms with van der Waals surface area (Å²) in [7, 11) is -2.42. The van der Waals surface area contributed by atoms with Crippen LogP contribution in [0.5, 0.6) is 11.5 Å². The maximum absolute atomic E-state index is 13.4. The number of aliphatic hydroxyl groups excluding tert-OH is 1. The molecule has 0 aromatic heterocycles. The van der Waals surface area contributed by atoms with E-state index in [1.807, 2.05) is 0 Å². The third kappa shape index (κ3) is 6.00. The first-order valence-electron chi connectivity index (χ1n) is 12.5. The minimum Gasteiger partial charge on any atom is -0.497 e. The lowest BCUT2D eigenvalue weighted by atomic mass is 9.84. The van der Waals surface area contributed by atoms with E-state index >= 15 is 0 Å². The van der Waals surface area contributed by atoms with Gasteiger partial charge in [0, 0.05) is 29.8 Å². The van der Waals surface area contributed by atoms with Gasteiger partial charge in [0.25, 0.3) is 10.0 Å². The number of carbonyl (C=O) groups excluding carboxylic acids is 1. The lowest BCUT2D eigenvalue weighted by Gasteiger charge is -2.37. The molecule has 0 unspecified atom stereocenters. The summed E-state index contributed by atoms with van der Waals surface area (Å²) < 4.78 is 59.2. The highest BCUT2D eigenvalue weighted by molar-refractivity contribution is 7.92. The molecule has 2 aliphatic heterocycles.